The third-order valence-corrected chi connectivity index (χ3v) is 4.30. The van der Waals surface area contributed by atoms with Gasteiger partial charge in [-0.2, -0.15) is 0 Å². The van der Waals surface area contributed by atoms with Gasteiger partial charge in [0, 0.05) is 12.7 Å². The van der Waals surface area contributed by atoms with Gasteiger partial charge in [0.25, 0.3) is 11.8 Å². The number of aryl methyl sites for hydroxylation is 1. The van der Waals surface area contributed by atoms with Crippen LogP contribution in [0.3, 0.4) is 0 Å². The molecule has 2 heterocycles. The molecule has 0 unspecified atom stereocenters. The molecule has 0 aliphatic carbocycles. The van der Waals surface area contributed by atoms with E-state index >= 15 is 0 Å². The third kappa shape index (κ3) is 5.49. The molecule has 32 heavy (non-hydrogen) atoms. The summed E-state index contributed by atoms with van der Waals surface area (Å²) >= 11 is 6.21. The van der Waals surface area contributed by atoms with Gasteiger partial charge in [0.2, 0.25) is 5.95 Å². The highest BCUT2D eigenvalue weighted by Gasteiger charge is 2.34. The van der Waals surface area contributed by atoms with Crippen LogP contribution in [0.25, 0.3) is 0 Å². The molecule has 14 heteroatoms. The maximum Gasteiger partial charge on any atom is 0.573 e. The van der Waals surface area contributed by atoms with Crippen molar-refractivity contribution in [2.45, 2.75) is 26.3 Å². The van der Waals surface area contributed by atoms with Crippen LogP contribution in [0.2, 0.25) is 5.02 Å². The van der Waals surface area contributed by atoms with Crippen LogP contribution in [0.4, 0.5) is 24.8 Å². The third-order valence-electron chi connectivity index (χ3n) is 3.90. The number of anilines is 2. The van der Waals surface area contributed by atoms with Crippen LogP contribution in [-0.2, 0) is 6.54 Å². The van der Waals surface area contributed by atoms with Crippen LogP contribution < -0.4 is 15.4 Å². The Kier molecular flexibility index (Phi) is 6.88. The SMILES string of the molecule is CCCn1nnnc1NC(=O)c1ccc(OC(F)(F)F)c(NC(=O)c2ccccn2)c1Cl. The highest BCUT2D eigenvalue weighted by atomic mass is 35.5. The molecule has 0 radical (unpaired) electrons. The summed E-state index contributed by atoms with van der Waals surface area (Å²) < 4.78 is 43.8. The highest BCUT2D eigenvalue weighted by Crippen LogP contribution is 2.38. The molecule has 0 spiro atoms. The van der Waals surface area contributed by atoms with E-state index in [4.69, 9.17) is 11.6 Å². The van der Waals surface area contributed by atoms with Crippen molar-refractivity contribution >= 4 is 35.1 Å². The molecular formula is C18H15ClF3N7O3. The van der Waals surface area contributed by atoms with Gasteiger partial charge >= 0.3 is 6.36 Å². The summed E-state index contributed by atoms with van der Waals surface area (Å²) in [5, 5.41) is 15.0. The largest absolute Gasteiger partial charge is 0.573 e. The molecule has 2 N–H and O–H groups in total. The Hall–Kier alpha value is -3.74. The zero-order valence-electron chi connectivity index (χ0n) is 16.4. The number of tetrazole rings is 1. The van der Waals surface area contributed by atoms with Gasteiger partial charge in [0.05, 0.1) is 10.6 Å². The number of ether oxygens (including phenoxy) is 1. The number of nitrogens with one attached hydrogen (secondary N) is 2. The van der Waals surface area contributed by atoms with E-state index in [1.807, 2.05) is 6.92 Å². The van der Waals surface area contributed by atoms with E-state index in [0.717, 1.165) is 12.1 Å². The second-order valence-corrected chi connectivity index (χ2v) is 6.57. The Morgan fingerprint density at radius 2 is 1.94 bits per heavy atom. The zero-order chi connectivity index (χ0) is 23.3. The predicted octanol–water partition coefficient (Wildman–Crippen LogP) is 3.53. The number of hydrogen-bond donors (Lipinski definition) is 2. The van der Waals surface area contributed by atoms with Crippen LogP contribution in [0.5, 0.6) is 5.75 Å². The first kappa shape index (κ1) is 22.9. The summed E-state index contributed by atoms with van der Waals surface area (Å²) in [5.74, 6) is -2.46. The number of hydrogen-bond acceptors (Lipinski definition) is 7. The number of nitrogens with zero attached hydrogens (tertiary/aromatic N) is 5. The molecule has 0 saturated carbocycles. The first-order valence-electron chi connectivity index (χ1n) is 9.07. The second kappa shape index (κ2) is 9.60. The average molecular weight is 470 g/mol. The van der Waals surface area contributed by atoms with Crippen molar-refractivity contribution in [3.63, 3.8) is 0 Å². The molecule has 0 bridgehead atoms. The van der Waals surface area contributed by atoms with Crippen LogP contribution in [-0.4, -0.2) is 43.4 Å². The summed E-state index contributed by atoms with van der Waals surface area (Å²) in [5.41, 5.74) is -0.890. The number of halogens is 4. The maximum absolute atomic E-state index is 12.8. The van der Waals surface area contributed by atoms with E-state index in [-0.39, 0.29) is 17.2 Å². The lowest BCUT2D eigenvalue weighted by molar-refractivity contribution is -0.274. The molecule has 3 aromatic rings. The molecule has 1 aromatic carbocycles. The van der Waals surface area contributed by atoms with Gasteiger partial charge in [-0.05, 0) is 41.1 Å². The number of pyridine rings is 1. The molecule has 168 valence electrons. The number of alkyl halides is 3. The minimum absolute atomic E-state index is 0.0163. The number of carbonyl (C=O) groups is 2. The quantitative estimate of drug-likeness (QED) is 0.542. The van der Waals surface area contributed by atoms with Crippen LogP contribution in [0.1, 0.15) is 34.2 Å². The van der Waals surface area contributed by atoms with Gasteiger partial charge in [-0.1, -0.05) is 29.7 Å². The van der Waals surface area contributed by atoms with E-state index in [1.54, 1.807) is 6.07 Å². The fourth-order valence-corrected chi connectivity index (χ4v) is 2.85. The lowest BCUT2D eigenvalue weighted by atomic mass is 10.1. The predicted molar refractivity (Wildman–Crippen MR) is 106 cm³/mol. The summed E-state index contributed by atoms with van der Waals surface area (Å²) in [6.07, 6.45) is -3.06. The van der Waals surface area contributed by atoms with E-state index in [1.165, 1.54) is 23.0 Å². The minimum atomic E-state index is -5.07. The molecule has 0 atom stereocenters. The van der Waals surface area contributed by atoms with Crippen LogP contribution in [0, 0.1) is 0 Å². The lowest BCUT2D eigenvalue weighted by Gasteiger charge is -2.17. The van der Waals surface area contributed by atoms with Gasteiger partial charge in [-0.25, -0.2) is 4.68 Å². The summed E-state index contributed by atoms with van der Waals surface area (Å²) in [6.45, 7) is 2.29. The standard InChI is InChI=1S/C18H15ClF3N7O3/c1-2-9-29-17(26-27-28-29)25-15(30)10-6-7-12(32-18(20,21)22)14(13(10)19)24-16(31)11-5-3-4-8-23-11/h3-8H,2,9H2,1H3,(H,24,31)(H,25,26,28,30). The smallest absolute Gasteiger partial charge is 0.404 e. The van der Waals surface area contributed by atoms with Crippen molar-refractivity contribution in [2.75, 3.05) is 10.6 Å². The Balaban J connectivity index is 1.95. The second-order valence-electron chi connectivity index (χ2n) is 6.20. The molecule has 0 aliphatic heterocycles. The van der Waals surface area contributed by atoms with Gasteiger partial charge in [0.15, 0.2) is 5.75 Å². The van der Waals surface area contributed by atoms with Gasteiger partial charge in [-0.15, -0.1) is 13.2 Å². The van der Waals surface area contributed by atoms with E-state index in [0.29, 0.717) is 13.0 Å². The number of aromatic nitrogens is 5. The van der Waals surface area contributed by atoms with Crippen molar-refractivity contribution in [1.29, 1.82) is 0 Å². The van der Waals surface area contributed by atoms with Crippen molar-refractivity contribution in [2.24, 2.45) is 0 Å². The Morgan fingerprint density at radius 1 is 1.16 bits per heavy atom. The molecule has 10 nitrogen and oxygen atoms in total. The molecule has 0 fully saturated rings. The van der Waals surface area contributed by atoms with Crippen molar-refractivity contribution in [3.8, 4) is 5.75 Å². The van der Waals surface area contributed by atoms with Crippen molar-refractivity contribution < 1.29 is 27.5 Å². The summed E-state index contributed by atoms with van der Waals surface area (Å²) in [7, 11) is 0. The Bertz CT molecular complexity index is 1120. The van der Waals surface area contributed by atoms with Crippen molar-refractivity contribution in [1.82, 2.24) is 25.2 Å². The molecular weight excluding hydrogens is 455 g/mol. The monoisotopic (exact) mass is 469 g/mol. The summed E-state index contributed by atoms with van der Waals surface area (Å²) in [6, 6.07) is 6.29. The van der Waals surface area contributed by atoms with E-state index < -0.39 is 34.6 Å². The van der Waals surface area contributed by atoms with Crippen LogP contribution in [0.15, 0.2) is 36.5 Å². The number of benzene rings is 1. The van der Waals surface area contributed by atoms with Gasteiger partial charge in [0.1, 0.15) is 11.4 Å². The zero-order valence-corrected chi connectivity index (χ0v) is 17.1. The molecule has 0 saturated heterocycles. The minimum Gasteiger partial charge on any atom is -0.404 e. The number of amides is 2. The topological polar surface area (TPSA) is 124 Å². The number of rotatable bonds is 7. The fourth-order valence-electron chi connectivity index (χ4n) is 2.56. The average Bonchev–Trinajstić information content (AvgIpc) is 3.17. The van der Waals surface area contributed by atoms with Gasteiger partial charge < -0.3 is 10.1 Å². The number of carbonyl (C=O) groups excluding carboxylic acids is 2. The highest BCUT2D eigenvalue weighted by molar-refractivity contribution is 6.38. The maximum atomic E-state index is 12.8. The fraction of sp³-hybridized carbons (Fsp3) is 0.222. The van der Waals surface area contributed by atoms with E-state index in [9.17, 15) is 22.8 Å². The molecule has 2 amide bonds. The molecule has 0 aliphatic rings. The Labute approximate surface area is 183 Å². The molecule has 2 aromatic heterocycles. The normalized spacial score (nSPS) is 11.2. The summed E-state index contributed by atoms with van der Waals surface area (Å²) in [4.78, 5) is 29.0. The van der Waals surface area contributed by atoms with Crippen molar-refractivity contribution in [3.05, 3.63) is 52.8 Å². The van der Waals surface area contributed by atoms with Crippen LogP contribution >= 0.6 is 11.6 Å². The van der Waals surface area contributed by atoms with Gasteiger partial charge in [-0.3, -0.25) is 19.9 Å². The van der Waals surface area contributed by atoms with E-state index in [2.05, 4.69) is 35.9 Å². The first-order chi connectivity index (χ1) is 15.2. The molecule has 3 rings (SSSR count). The first-order valence-corrected chi connectivity index (χ1v) is 9.45. The lowest BCUT2D eigenvalue weighted by Crippen LogP contribution is -2.22. The Morgan fingerprint density at radius 3 is 2.59 bits per heavy atom.